The van der Waals surface area contributed by atoms with Gasteiger partial charge in [0.2, 0.25) is 5.91 Å². The molecule has 3 aromatic rings. The van der Waals surface area contributed by atoms with Crippen molar-refractivity contribution in [3.05, 3.63) is 101 Å². The maximum atomic E-state index is 12.4. The Morgan fingerprint density at radius 2 is 1.39 bits per heavy atom. The van der Waals surface area contributed by atoms with Gasteiger partial charge in [-0.25, -0.2) is 5.48 Å². The molecule has 200 valence electrons. The molecule has 3 amide bonds. The lowest BCUT2D eigenvalue weighted by molar-refractivity contribution is -0.133. The SMILES string of the molecule is C[C@@H](NCC(=O)Nc1ccc(CCc2ccc(C(=O)N[C@H](C(=O)NO)[C@@H](C)O)cc2)cc1)c1ccccc1. The van der Waals surface area contributed by atoms with E-state index < -0.39 is 24.0 Å². The topological polar surface area (TPSA) is 140 Å². The van der Waals surface area contributed by atoms with E-state index in [2.05, 4.69) is 16.0 Å². The first-order chi connectivity index (χ1) is 18.3. The van der Waals surface area contributed by atoms with Crippen LogP contribution >= 0.6 is 0 Å². The standard InChI is InChI=1S/C29H34N4O5/c1-19(23-6-4-3-5-7-23)30-18-26(35)31-25-16-12-22(13-17-25)9-8-21-10-14-24(15-11-21)28(36)32-27(20(2)34)29(37)33-38/h3-7,10-17,19-20,27,30,34,38H,8-9,18H2,1-2H3,(H,31,35)(H,32,36)(H,33,37)/t19-,20-,27+/m1/s1. The summed E-state index contributed by atoms with van der Waals surface area (Å²) in [7, 11) is 0. The molecule has 0 aromatic heterocycles. The fraction of sp³-hybridized carbons (Fsp3) is 0.276. The van der Waals surface area contributed by atoms with Crippen LogP contribution in [0.1, 0.15) is 46.9 Å². The predicted molar refractivity (Wildman–Crippen MR) is 145 cm³/mol. The summed E-state index contributed by atoms with van der Waals surface area (Å²) >= 11 is 0. The summed E-state index contributed by atoms with van der Waals surface area (Å²) in [4.78, 5) is 36.3. The van der Waals surface area contributed by atoms with E-state index in [1.54, 1.807) is 12.1 Å². The first kappa shape index (κ1) is 28.5. The lowest BCUT2D eigenvalue weighted by Crippen LogP contribution is -2.51. The van der Waals surface area contributed by atoms with E-state index in [0.717, 1.165) is 35.2 Å². The number of aryl methyl sites for hydroxylation is 2. The molecule has 0 spiro atoms. The molecule has 0 aliphatic heterocycles. The van der Waals surface area contributed by atoms with Crippen LogP contribution in [0.25, 0.3) is 0 Å². The molecule has 0 fully saturated rings. The van der Waals surface area contributed by atoms with Crippen molar-refractivity contribution in [3.8, 4) is 0 Å². The van der Waals surface area contributed by atoms with Gasteiger partial charge in [0.25, 0.3) is 11.8 Å². The molecule has 6 N–H and O–H groups in total. The molecule has 0 heterocycles. The third-order valence-electron chi connectivity index (χ3n) is 6.19. The summed E-state index contributed by atoms with van der Waals surface area (Å²) in [5.41, 5.74) is 5.75. The number of amides is 3. The molecule has 0 aliphatic carbocycles. The van der Waals surface area contributed by atoms with Gasteiger partial charge in [-0.1, -0.05) is 54.6 Å². The van der Waals surface area contributed by atoms with E-state index in [9.17, 15) is 19.5 Å². The van der Waals surface area contributed by atoms with Crippen LogP contribution in [-0.2, 0) is 22.4 Å². The van der Waals surface area contributed by atoms with Crippen LogP contribution in [0.3, 0.4) is 0 Å². The highest BCUT2D eigenvalue weighted by Gasteiger charge is 2.25. The van der Waals surface area contributed by atoms with E-state index in [4.69, 9.17) is 5.21 Å². The number of aliphatic hydroxyl groups is 1. The minimum Gasteiger partial charge on any atom is -0.391 e. The van der Waals surface area contributed by atoms with Crippen LogP contribution in [0.5, 0.6) is 0 Å². The Balaban J connectivity index is 1.45. The zero-order valence-corrected chi connectivity index (χ0v) is 21.5. The second kappa shape index (κ2) is 14.0. The zero-order chi connectivity index (χ0) is 27.5. The molecule has 0 unspecified atom stereocenters. The van der Waals surface area contributed by atoms with Crippen molar-refractivity contribution in [1.29, 1.82) is 0 Å². The largest absolute Gasteiger partial charge is 0.391 e. The lowest BCUT2D eigenvalue weighted by Gasteiger charge is -2.19. The average molecular weight is 519 g/mol. The molecule has 9 nitrogen and oxygen atoms in total. The number of hydrogen-bond acceptors (Lipinski definition) is 6. The van der Waals surface area contributed by atoms with Gasteiger partial charge in [0.1, 0.15) is 6.04 Å². The zero-order valence-electron chi connectivity index (χ0n) is 21.5. The number of aliphatic hydroxyl groups excluding tert-OH is 1. The fourth-order valence-corrected chi connectivity index (χ4v) is 3.88. The number of anilines is 1. The van der Waals surface area contributed by atoms with Gasteiger partial charge in [-0.05, 0) is 67.6 Å². The molecule has 0 radical (unpaired) electrons. The van der Waals surface area contributed by atoms with Crippen molar-refractivity contribution in [2.24, 2.45) is 0 Å². The Morgan fingerprint density at radius 1 is 0.816 bits per heavy atom. The van der Waals surface area contributed by atoms with E-state index in [-0.39, 0.29) is 18.5 Å². The lowest BCUT2D eigenvalue weighted by atomic mass is 10.0. The van der Waals surface area contributed by atoms with Gasteiger partial charge in [0.05, 0.1) is 12.6 Å². The van der Waals surface area contributed by atoms with Gasteiger partial charge >= 0.3 is 0 Å². The molecule has 0 saturated heterocycles. The molecule has 0 bridgehead atoms. The first-order valence-electron chi connectivity index (χ1n) is 12.5. The second-order valence-electron chi connectivity index (χ2n) is 9.12. The molecule has 0 saturated carbocycles. The molecule has 38 heavy (non-hydrogen) atoms. The molecule has 0 aliphatic rings. The normalized spacial score (nSPS) is 13.2. The summed E-state index contributed by atoms with van der Waals surface area (Å²) in [5, 5.41) is 27.0. The summed E-state index contributed by atoms with van der Waals surface area (Å²) in [5.74, 6) is -1.54. The molecular formula is C29H34N4O5. The third-order valence-corrected chi connectivity index (χ3v) is 6.19. The van der Waals surface area contributed by atoms with Crippen molar-refractivity contribution >= 4 is 23.4 Å². The Labute approximate surface area is 222 Å². The highest BCUT2D eigenvalue weighted by molar-refractivity contribution is 5.97. The molecule has 9 heteroatoms. The number of hydroxylamine groups is 1. The summed E-state index contributed by atoms with van der Waals surface area (Å²) in [6, 6.07) is 23.4. The van der Waals surface area contributed by atoms with Crippen LogP contribution in [0.2, 0.25) is 0 Å². The van der Waals surface area contributed by atoms with Crippen molar-refractivity contribution in [3.63, 3.8) is 0 Å². The van der Waals surface area contributed by atoms with Gasteiger partial charge in [0.15, 0.2) is 0 Å². The Hall–Kier alpha value is -4.05. The minimum atomic E-state index is -1.27. The quantitative estimate of drug-likeness (QED) is 0.161. The van der Waals surface area contributed by atoms with Gasteiger partial charge in [0, 0.05) is 17.3 Å². The van der Waals surface area contributed by atoms with Crippen LogP contribution in [0.4, 0.5) is 5.69 Å². The van der Waals surface area contributed by atoms with Crippen LogP contribution in [-0.4, -0.2) is 46.7 Å². The maximum absolute atomic E-state index is 12.4. The van der Waals surface area contributed by atoms with Gasteiger partial charge < -0.3 is 21.1 Å². The minimum absolute atomic E-state index is 0.0710. The van der Waals surface area contributed by atoms with Gasteiger partial charge in [-0.2, -0.15) is 0 Å². The molecule has 3 aromatic carbocycles. The van der Waals surface area contributed by atoms with Crippen LogP contribution in [0, 0.1) is 0 Å². The number of carbonyl (C=O) groups is 3. The Kier molecular flexibility index (Phi) is 10.5. The van der Waals surface area contributed by atoms with Crippen LogP contribution in [0.15, 0.2) is 78.9 Å². The number of nitrogens with one attached hydrogen (secondary N) is 4. The first-order valence-corrected chi connectivity index (χ1v) is 12.5. The van der Waals surface area contributed by atoms with Crippen LogP contribution < -0.4 is 21.4 Å². The number of carbonyl (C=O) groups excluding carboxylic acids is 3. The van der Waals surface area contributed by atoms with Crippen molar-refractivity contribution in [1.82, 2.24) is 16.1 Å². The van der Waals surface area contributed by atoms with E-state index in [1.165, 1.54) is 12.4 Å². The van der Waals surface area contributed by atoms with E-state index >= 15 is 0 Å². The molecule has 3 atom stereocenters. The highest BCUT2D eigenvalue weighted by Crippen LogP contribution is 2.14. The Morgan fingerprint density at radius 3 is 1.95 bits per heavy atom. The molecule has 3 rings (SSSR count). The Bertz CT molecular complexity index is 1200. The highest BCUT2D eigenvalue weighted by atomic mass is 16.5. The van der Waals surface area contributed by atoms with Crippen molar-refractivity contribution < 1.29 is 24.7 Å². The van der Waals surface area contributed by atoms with Crippen molar-refractivity contribution in [2.45, 2.75) is 44.9 Å². The second-order valence-corrected chi connectivity index (χ2v) is 9.12. The van der Waals surface area contributed by atoms with Gasteiger partial charge in [-0.3, -0.25) is 19.6 Å². The number of hydrogen-bond donors (Lipinski definition) is 6. The summed E-state index contributed by atoms with van der Waals surface area (Å²) in [6.45, 7) is 3.57. The number of rotatable bonds is 12. The van der Waals surface area contributed by atoms with Crippen molar-refractivity contribution in [2.75, 3.05) is 11.9 Å². The monoisotopic (exact) mass is 518 g/mol. The third kappa shape index (κ3) is 8.52. The molecular weight excluding hydrogens is 484 g/mol. The predicted octanol–water partition coefficient (Wildman–Crippen LogP) is 2.75. The average Bonchev–Trinajstić information content (AvgIpc) is 2.94. The summed E-state index contributed by atoms with van der Waals surface area (Å²) in [6.07, 6.45) is 0.347. The van der Waals surface area contributed by atoms with Gasteiger partial charge in [-0.15, -0.1) is 0 Å². The summed E-state index contributed by atoms with van der Waals surface area (Å²) < 4.78 is 0. The maximum Gasteiger partial charge on any atom is 0.268 e. The number of benzene rings is 3. The van der Waals surface area contributed by atoms with E-state index in [1.807, 2.05) is 73.7 Å². The fourth-order valence-electron chi connectivity index (χ4n) is 3.88. The smallest absolute Gasteiger partial charge is 0.268 e. The van der Waals surface area contributed by atoms with E-state index in [0.29, 0.717) is 5.56 Å².